The van der Waals surface area contributed by atoms with E-state index in [0.29, 0.717) is 18.5 Å². The minimum Gasteiger partial charge on any atom is -0.465 e. The van der Waals surface area contributed by atoms with E-state index >= 15 is 0 Å². The van der Waals surface area contributed by atoms with Crippen molar-refractivity contribution in [2.24, 2.45) is 5.92 Å². The monoisotopic (exact) mass is 375 g/mol. The van der Waals surface area contributed by atoms with Crippen LogP contribution < -0.4 is 4.90 Å². The molecule has 0 spiro atoms. The second-order valence-corrected chi connectivity index (χ2v) is 6.41. The molecule has 0 fully saturated rings. The molecule has 1 N–H and O–H groups in total. The first kappa shape index (κ1) is 19.0. The van der Waals surface area contributed by atoms with Gasteiger partial charge in [-0.2, -0.15) is 0 Å². The van der Waals surface area contributed by atoms with Gasteiger partial charge >= 0.3 is 11.9 Å². The fraction of sp³-hybridized carbons (Fsp3) is 0.474. The van der Waals surface area contributed by atoms with E-state index in [1.54, 1.807) is 6.07 Å². The molecule has 1 aromatic carbocycles. The molecule has 0 bridgehead atoms. The highest BCUT2D eigenvalue weighted by atomic mass is 16.6. The van der Waals surface area contributed by atoms with E-state index in [1.807, 2.05) is 6.07 Å². The van der Waals surface area contributed by atoms with Crippen LogP contribution in [0.25, 0.3) is 0 Å². The highest BCUT2D eigenvalue weighted by molar-refractivity contribution is 6.31. The Labute approximate surface area is 156 Å². The molecular weight excluding hydrogens is 354 g/mol. The normalized spacial score (nSPS) is 21.1. The predicted octanol–water partition coefficient (Wildman–Crippen LogP) is 0.636. The first-order valence-electron chi connectivity index (χ1n) is 8.92. The van der Waals surface area contributed by atoms with Crippen molar-refractivity contribution >= 4 is 29.3 Å². The van der Waals surface area contributed by atoms with Crippen molar-refractivity contribution in [1.29, 1.82) is 0 Å². The molecule has 0 saturated heterocycles. The van der Waals surface area contributed by atoms with Crippen molar-refractivity contribution in [3.8, 4) is 0 Å². The van der Waals surface area contributed by atoms with Crippen LogP contribution in [0.1, 0.15) is 36.2 Å². The standard InChI is InChI=1S/C19H21NO7/c1-3-26-16(22)13(17(23)27-4-2)19(25)15(21)12-9-5-7-11-8-6-10-20(14(11)12)18(19)24/h5,7,9,13,25H,3-4,6,8,10H2,1-2H3. The molecular formula is C19H21NO7. The lowest BCUT2D eigenvalue weighted by Gasteiger charge is -2.42. The van der Waals surface area contributed by atoms with E-state index in [1.165, 1.54) is 24.8 Å². The number of nitrogens with zero attached hydrogens (tertiary/aromatic N) is 1. The third-order valence-corrected chi connectivity index (χ3v) is 4.84. The van der Waals surface area contributed by atoms with E-state index in [9.17, 15) is 24.3 Å². The van der Waals surface area contributed by atoms with Crippen molar-refractivity contribution in [2.45, 2.75) is 32.3 Å². The second-order valence-electron chi connectivity index (χ2n) is 6.41. The number of Topliss-reactive ketones (excluding diaryl/α,β-unsaturated/α-hetero) is 1. The predicted molar refractivity (Wildman–Crippen MR) is 93.2 cm³/mol. The van der Waals surface area contributed by atoms with Crippen LogP contribution in [0.2, 0.25) is 0 Å². The molecule has 0 saturated carbocycles. The zero-order valence-electron chi connectivity index (χ0n) is 15.2. The SMILES string of the molecule is CCOC(=O)C(C(=O)OCC)C1(O)C(=O)c2cccc3c2N(CCC3)C1=O. The highest BCUT2D eigenvalue weighted by Gasteiger charge is 2.63. The molecule has 3 rings (SSSR count). The quantitative estimate of drug-likeness (QED) is 0.594. The molecule has 1 amide bonds. The summed E-state index contributed by atoms with van der Waals surface area (Å²) in [6.45, 7) is 3.13. The van der Waals surface area contributed by atoms with Crippen molar-refractivity contribution in [3.63, 3.8) is 0 Å². The highest BCUT2D eigenvalue weighted by Crippen LogP contribution is 2.41. The number of ether oxygens (including phenoxy) is 2. The van der Waals surface area contributed by atoms with E-state index in [4.69, 9.17) is 9.47 Å². The largest absolute Gasteiger partial charge is 0.465 e. The topological polar surface area (TPSA) is 110 Å². The van der Waals surface area contributed by atoms with Crippen LogP contribution in [0, 0.1) is 5.92 Å². The lowest BCUT2D eigenvalue weighted by molar-refractivity contribution is -0.175. The molecule has 0 aliphatic carbocycles. The van der Waals surface area contributed by atoms with Crippen molar-refractivity contribution < 1.29 is 33.8 Å². The molecule has 2 aliphatic heterocycles. The number of amides is 1. The number of carbonyl (C=O) groups is 4. The molecule has 27 heavy (non-hydrogen) atoms. The first-order valence-corrected chi connectivity index (χ1v) is 8.92. The van der Waals surface area contributed by atoms with Gasteiger partial charge in [0.1, 0.15) is 0 Å². The minimum absolute atomic E-state index is 0.0857. The minimum atomic E-state index is -2.90. The van der Waals surface area contributed by atoms with E-state index in [-0.39, 0.29) is 25.3 Å². The van der Waals surface area contributed by atoms with Gasteiger partial charge in [-0.3, -0.25) is 19.2 Å². The van der Waals surface area contributed by atoms with Gasteiger partial charge in [0.15, 0.2) is 5.92 Å². The van der Waals surface area contributed by atoms with Crippen molar-refractivity contribution in [1.82, 2.24) is 0 Å². The second kappa shape index (κ2) is 7.11. The zero-order valence-corrected chi connectivity index (χ0v) is 15.2. The first-order chi connectivity index (χ1) is 12.9. The fourth-order valence-corrected chi connectivity index (χ4v) is 3.69. The summed E-state index contributed by atoms with van der Waals surface area (Å²) < 4.78 is 9.72. The van der Waals surface area contributed by atoms with Crippen LogP contribution in [0.15, 0.2) is 18.2 Å². The summed E-state index contributed by atoms with van der Waals surface area (Å²) in [5.74, 6) is -6.42. The van der Waals surface area contributed by atoms with Crippen LogP contribution >= 0.6 is 0 Å². The maximum atomic E-state index is 13.1. The molecule has 2 heterocycles. The number of para-hydroxylation sites is 1. The summed E-state index contributed by atoms with van der Waals surface area (Å²) in [7, 11) is 0. The van der Waals surface area contributed by atoms with Gasteiger partial charge in [0.2, 0.25) is 11.4 Å². The number of aliphatic hydroxyl groups is 1. The van der Waals surface area contributed by atoms with Crippen molar-refractivity contribution in [3.05, 3.63) is 29.3 Å². The van der Waals surface area contributed by atoms with Gasteiger partial charge in [0, 0.05) is 12.1 Å². The number of carbonyl (C=O) groups excluding carboxylic acids is 4. The van der Waals surface area contributed by atoms with Crippen molar-refractivity contribution in [2.75, 3.05) is 24.7 Å². The van der Waals surface area contributed by atoms with Crippen LogP contribution in [0.4, 0.5) is 5.69 Å². The molecule has 0 radical (unpaired) electrons. The van der Waals surface area contributed by atoms with Crippen LogP contribution in [-0.4, -0.2) is 54.1 Å². The Morgan fingerprint density at radius 3 is 2.41 bits per heavy atom. The summed E-state index contributed by atoms with van der Waals surface area (Å²) in [5.41, 5.74) is -1.55. The molecule has 0 aromatic heterocycles. The molecule has 8 heteroatoms. The Kier molecular flexibility index (Phi) is 5.01. The number of hydrogen-bond acceptors (Lipinski definition) is 7. The maximum absolute atomic E-state index is 13.1. The average molecular weight is 375 g/mol. The lowest BCUT2D eigenvalue weighted by Crippen LogP contribution is -2.66. The Bertz CT molecular complexity index is 800. The van der Waals surface area contributed by atoms with Gasteiger partial charge in [-0.25, -0.2) is 0 Å². The number of ketones is 1. The smallest absolute Gasteiger partial charge is 0.324 e. The Balaban J connectivity index is 2.17. The summed E-state index contributed by atoms with van der Waals surface area (Å²) in [6, 6.07) is 4.93. The third-order valence-electron chi connectivity index (χ3n) is 4.84. The van der Waals surface area contributed by atoms with Gasteiger partial charge in [0.25, 0.3) is 5.91 Å². The molecule has 1 atom stereocenters. The summed E-state index contributed by atoms with van der Waals surface area (Å²) in [6.07, 6.45) is 1.33. The number of rotatable bonds is 5. The van der Waals surface area contributed by atoms with Gasteiger partial charge in [-0.15, -0.1) is 0 Å². The number of anilines is 1. The van der Waals surface area contributed by atoms with E-state index in [2.05, 4.69) is 0 Å². The third kappa shape index (κ3) is 2.80. The average Bonchev–Trinajstić information content (AvgIpc) is 2.65. The Morgan fingerprint density at radius 1 is 1.19 bits per heavy atom. The Morgan fingerprint density at radius 2 is 1.81 bits per heavy atom. The molecule has 1 aromatic rings. The molecule has 1 unspecified atom stereocenters. The number of hydrogen-bond donors (Lipinski definition) is 1. The van der Waals surface area contributed by atoms with Gasteiger partial charge in [-0.1, -0.05) is 12.1 Å². The lowest BCUT2D eigenvalue weighted by atomic mass is 9.75. The van der Waals surface area contributed by atoms with Crippen LogP contribution in [0.5, 0.6) is 0 Å². The summed E-state index contributed by atoms with van der Waals surface area (Å²) in [5, 5.41) is 11.2. The Hall–Kier alpha value is -2.74. The van der Waals surface area contributed by atoms with Gasteiger partial charge in [-0.05, 0) is 38.3 Å². The zero-order chi connectivity index (χ0) is 19.8. The number of aryl methyl sites for hydroxylation is 1. The number of benzene rings is 1. The van der Waals surface area contributed by atoms with Gasteiger partial charge < -0.3 is 19.5 Å². The fourth-order valence-electron chi connectivity index (χ4n) is 3.69. The molecule has 144 valence electrons. The van der Waals surface area contributed by atoms with Gasteiger partial charge in [0.05, 0.1) is 18.9 Å². The van der Waals surface area contributed by atoms with Crippen LogP contribution in [0.3, 0.4) is 0 Å². The van der Waals surface area contributed by atoms with Crippen LogP contribution in [-0.2, 0) is 30.3 Å². The number of esters is 2. The van der Waals surface area contributed by atoms with E-state index in [0.717, 1.165) is 5.56 Å². The summed E-state index contributed by atoms with van der Waals surface area (Å²) >= 11 is 0. The van der Waals surface area contributed by atoms with E-state index < -0.39 is 35.1 Å². The summed E-state index contributed by atoms with van der Waals surface area (Å²) in [4.78, 5) is 52.4. The maximum Gasteiger partial charge on any atom is 0.324 e. The molecule has 8 nitrogen and oxygen atoms in total. The molecule has 2 aliphatic rings.